The Balaban J connectivity index is 1.59. The first kappa shape index (κ1) is 27.6. The average Bonchev–Trinajstić information content (AvgIpc) is 3.09. The monoisotopic (exact) mass is 582 g/mol. The number of rotatable bonds is 8. The standard InChI is InChI=1S/C37H28O3P2/c38-37(33-25-13-15-27-35(33)41(39,29-17-5-1-6-18-29)30-19-7-2-8-20-30)34-26-14-16-28-36(34)42(40,31-21-9-3-10-22-31)32-23-11-4-12-24-32/h1-28H. The first-order valence-corrected chi connectivity index (χ1v) is 17.1. The van der Waals surface area contributed by atoms with Crippen molar-refractivity contribution in [2.75, 3.05) is 0 Å². The van der Waals surface area contributed by atoms with Crippen molar-refractivity contribution in [3.8, 4) is 0 Å². The summed E-state index contributed by atoms with van der Waals surface area (Å²) in [5.74, 6) is -0.319. The molecule has 0 bridgehead atoms. The van der Waals surface area contributed by atoms with E-state index in [1.54, 1.807) is 36.4 Å². The molecule has 0 unspecified atom stereocenters. The summed E-state index contributed by atoms with van der Waals surface area (Å²) < 4.78 is 30.6. The van der Waals surface area contributed by atoms with Crippen LogP contribution in [0.3, 0.4) is 0 Å². The second-order valence-corrected chi connectivity index (χ2v) is 15.4. The lowest BCUT2D eigenvalue weighted by molar-refractivity contribution is 0.104. The van der Waals surface area contributed by atoms with Crippen molar-refractivity contribution in [3.63, 3.8) is 0 Å². The summed E-state index contributed by atoms with van der Waals surface area (Å²) in [7, 11) is -6.90. The fourth-order valence-electron chi connectivity index (χ4n) is 5.43. The smallest absolute Gasteiger partial charge is 0.194 e. The molecule has 6 rings (SSSR count). The van der Waals surface area contributed by atoms with Gasteiger partial charge in [0.15, 0.2) is 20.1 Å². The highest BCUT2D eigenvalue weighted by Crippen LogP contribution is 2.45. The van der Waals surface area contributed by atoms with Gasteiger partial charge in [0, 0.05) is 43.0 Å². The van der Waals surface area contributed by atoms with Gasteiger partial charge in [-0.3, -0.25) is 4.79 Å². The highest BCUT2D eigenvalue weighted by molar-refractivity contribution is 7.86. The molecule has 6 aromatic carbocycles. The molecule has 0 aliphatic rings. The maximum atomic E-state index is 15.3. The maximum Gasteiger partial charge on any atom is 0.194 e. The molecule has 0 atom stereocenters. The van der Waals surface area contributed by atoms with Gasteiger partial charge in [0.1, 0.15) is 0 Å². The Morgan fingerprint density at radius 3 is 0.857 bits per heavy atom. The van der Waals surface area contributed by atoms with Crippen molar-refractivity contribution in [1.82, 2.24) is 0 Å². The molecule has 0 saturated carbocycles. The van der Waals surface area contributed by atoms with E-state index >= 15 is 9.13 Å². The molecule has 0 aliphatic heterocycles. The quantitative estimate of drug-likeness (QED) is 0.159. The third-order valence-electron chi connectivity index (χ3n) is 7.46. The van der Waals surface area contributed by atoms with Crippen LogP contribution in [0, 0.1) is 0 Å². The van der Waals surface area contributed by atoms with Gasteiger partial charge in [-0.05, 0) is 0 Å². The van der Waals surface area contributed by atoms with Gasteiger partial charge in [0.25, 0.3) is 0 Å². The summed E-state index contributed by atoms with van der Waals surface area (Å²) in [6, 6.07) is 51.4. The van der Waals surface area contributed by atoms with Gasteiger partial charge in [-0.15, -0.1) is 0 Å². The van der Waals surface area contributed by atoms with E-state index in [9.17, 15) is 4.79 Å². The summed E-state index contributed by atoms with van der Waals surface area (Å²) >= 11 is 0. The van der Waals surface area contributed by atoms with Gasteiger partial charge >= 0.3 is 0 Å². The van der Waals surface area contributed by atoms with E-state index in [1.165, 1.54) is 0 Å². The van der Waals surface area contributed by atoms with Crippen LogP contribution in [0.1, 0.15) is 15.9 Å². The topological polar surface area (TPSA) is 51.2 Å². The van der Waals surface area contributed by atoms with E-state index in [-0.39, 0.29) is 5.78 Å². The third kappa shape index (κ3) is 4.82. The molecule has 0 aromatic heterocycles. The van der Waals surface area contributed by atoms with E-state index in [0.29, 0.717) is 43.0 Å². The SMILES string of the molecule is O=C(c1ccccc1P(=O)(c1ccccc1)c1ccccc1)c1ccccc1P(=O)(c1ccccc1)c1ccccc1. The molecule has 6 aromatic rings. The molecule has 0 radical (unpaired) electrons. The minimum Gasteiger partial charge on any atom is -0.309 e. The molecule has 42 heavy (non-hydrogen) atoms. The zero-order chi connectivity index (χ0) is 29.0. The maximum absolute atomic E-state index is 15.3. The Bertz CT molecular complexity index is 1710. The van der Waals surface area contributed by atoms with Crippen molar-refractivity contribution in [1.29, 1.82) is 0 Å². The molecule has 0 fully saturated rings. The molecule has 0 aliphatic carbocycles. The van der Waals surface area contributed by atoms with Gasteiger partial charge in [-0.1, -0.05) is 170 Å². The van der Waals surface area contributed by atoms with Gasteiger partial charge in [0.05, 0.1) is 0 Å². The predicted molar refractivity (Wildman–Crippen MR) is 175 cm³/mol. The number of hydrogen-bond donors (Lipinski definition) is 0. The number of benzene rings is 6. The summed E-state index contributed by atoms with van der Waals surface area (Å²) in [6.07, 6.45) is 0. The molecule has 204 valence electrons. The predicted octanol–water partition coefficient (Wildman–Crippen LogP) is 6.20. The van der Waals surface area contributed by atoms with Crippen LogP contribution in [0.2, 0.25) is 0 Å². The number of carbonyl (C=O) groups is 1. The van der Waals surface area contributed by atoms with Gasteiger partial charge < -0.3 is 9.13 Å². The second kappa shape index (κ2) is 11.7. The van der Waals surface area contributed by atoms with Crippen LogP contribution in [0.25, 0.3) is 0 Å². The Labute approximate surface area is 246 Å². The normalized spacial score (nSPS) is 11.6. The van der Waals surface area contributed by atoms with Crippen LogP contribution in [-0.4, -0.2) is 5.78 Å². The molecular weight excluding hydrogens is 554 g/mol. The van der Waals surface area contributed by atoms with Crippen LogP contribution in [-0.2, 0) is 9.13 Å². The van der Waals surface area contributed by atoms with E-state index in [0.717, 1.165) is 0 Å². The summed E-state index contributed by atoms with van der Waals surface area (Å²) in [5.41, 5.74) is 0.655. The number of ketones is 1. The highest BCUT2D eigenvalue weighted by atomic mass is 31.2. The molecule has 0 heterocycles. The minimum atomic E-state index is -3.45. The third-order valence-corrected chi connectivity index (χ3v) is 13.7. The fraction of sp³-hybridized carbons (Fsp3) is 0. The van der Waals surface area contributed by atoms with E-state index in [2.05, 4.69) is 0 Å². The average molecular weight is 583 g/mol. The van der Waals surface area contributed by atoms with Crippen LogP contribution >= 0.6 is 14.3 Å². The lowest BCUT2D eigenvalue weighted by atomic mass is 10.0. The fourth-order valence-corrected chi connectivity index (χ4v) is 11.1. The molecule has 0 spiro atoms. The van der Waals surface area contributed by atoms with Crippen molar-refractivity contribution in [2.45, 2.75) is 0 Å². The summed E-state index contributed by atoms with van der Waals surface area (Å²) in [6.45, 7) is 0. The van der Waals surface area contributed by atoms with Crippen molar-refractivity contribution in [3.05, 3.63) is 181 Å². The van der Waals surface area contributed by atoms with Crippen LogP contribution in [0.4, 0.5) is 0 Å². The van der Waals surface area contributed by atoms with Gasteiger partial charge in [-0.2, -0.15) is 0 Å². The van der Waals surface area contributed by atoms with E-state index in [4.69, 9.17) is 0 Å². The van der Waals surface area contributed by atoms with E-state index in [1.807, 2.05) is 133 Å². The van der Waals surface area contributed by atoms with Crippen LogP contribution in [0.15, 0.2) is 170 Å². The molecule has 0 amide bonds. The molecule has 5 heteroatoms. The molecule has 3 nitrogen and oxygen atoms in total. The van der Waals surface area contributed by atoms with E-state index < -0.39 is 14.3 Å². The Kier molecular flexibility index (Phi) is 7.72. The first-order chi connectivity index (χ1) is 20.5. The lowest BCUT2D eigenvalue weighted by Gasteiger charge is -2.24. The first-order valence-electron chi connectivity index (χ1n) is 13.7. The Morgan fingerprint density at radius 2 is 0.571 bits per heavy atom. The van der Waals surface area contributed by atoms with Gasteiger partial charge in [0.2, 0.25) is 0 Å². The highest BCUT2D eigenvalue weighted by Gasteiger charge is 2.37. The van der Waals surface area contributed by atoms with Crippen molar-refractivity contribution >= 4 is 51.9 Å². The zero-order valence-electron chi connectivity index (χ0n) is 22.8. The number of carbonyl (C=O) groups excluding carboxylic acids is 1. The van der Waals surface area contributed by atoms with Crippen molar-refractivity contribution in [2.24, 2.45) is 0 Å². The van der Waals surface area contributed by atoms with Gasteiger partial charge in [-0.25, -0.2) is 0 Å². The zero-order valence-corrected chi connectivity index (χ0v) is 24.6. The lowest BCUT2D eigenvalue weighted by Crippen LogP contribution is -2.32. The molecule has 0 saturated heterocycles. The minimum absolute atomic E-state index is 0.319. The summed E-state index contributed by atoms with van der Waals surface area (Å²) in [5, 5.41) is 3.48. The Hall–Kier alpha value is -4.55. The largest absolute Gasteiger partial charge is 0.309 e. The Morgan fingerprint density at radius 1 is 0.333 bits per heavy atom. The van der Waals surface area contributed by atoms with Crippen LogP contribution < -0.4 is 31.8 Å². The molecule has 0 N–H and O–H groups in total. The summed E-state index contributed by atoms with van der Waals surface area (Å²) in [4.78, 5) is 14.7. The van der Waals surface area contributed by atoms with Crippen LogP contribution in [0.5, 0.6) is 0 Å². The molecular formula is C37H28O3P2. The number of hydrogen-bond acceptors (Lipinski definition) is 3. The second-order valence-electron chi connectivity index (χ2n) is 9.92. The van der Waals surface area contributed by atoms with Crippen molar-refractivity contribution < 1.29 is 13.9 Å².